The van der Waals surface area contributed by atoms with E-state index in [0.29, 0.717) is 5.92 Å². The first-order valence-electron chi connectivity index (χ1n) is 9.19. The minimum atomic E-state index is -0.0610. The van der Waals surface area contributed by atoms with Gasteiger partial charge in [0.05, 0.1) is 18.2 Å². The molecule has 150 valence electrons. The summed E-state index contributed by atoms with van der Waals surface area (Å²) in [5.41, 5.74) is 0.230. The maximum Gasteiger partial charge on any atom is 0.237 e. The molecule has 3 unspecified atom stereocenters. The normalized spacial score (nSPS) is 27.8. The number of rotatable bonds is 5. The molecule has 0 radical (unpaired) electrons. The van der Waals surface area contributed by atoms with Crippen molar-refractivity contribution in [3.8, 4) is 0 Å². The molecule has 3 atom stereocenters. The Morgan fingerprint density at radius 3 is 2.20 bits per heavy atom. The lowest BCUT2D eigenvalue weighted by molar-refractivity contribution is -0.136. The third kappa shape index (κ3) is 7.22. The Bertz CT molecular complexity index is 394. The maximum absolute atomic E-state index is 12.9. The highest BCUT2D eigenvalue weighted by Gasteiger charge is 2.35. The van der Waals surface area contributed by atoms with Crippen LogP contribution in [-0.4, -0.2) is 61.8 Å². The number of hydrogen-bond donors (Lipinski definition) is 2. The van der Waals surface area contributed by atoms with Crippen LogP contribution >= 0.6 is 24.8 Å². The van der Waals surface area contributed by atoms with E-state index in [0.717, 1.165) is 45.6 Å². The van der Waals surface area contributed by atoms with Crippen molar-refractivity contribution in [1.82, 2.24) is 15.5 Å². The molecule has 0 aromatic rings. The van der Waals surface area contributed by atoms with Gasteiger partial charge >= 0.3 is 0 Å². The van der Waals surface area contributed by atoms with Gasteiger partial charge in [0, 0.05) is 19.6 Å². The number of carbonyl (C=O) groups is 1. The van der Waals surface area contributed by atoms with Crippen LogP contribution in [0.5, 0.6) is 0 Å². The van der Waals surface area contributed by atoms with Crippen LogP contribution in [0.3, 0.4) is 0 Å². The Kier molecular flexibility index (Phi) is 10.9. The summed E-state index contributed by atoms with van der Waals surface area (Å²) >= 11 is 0. The van der Waals surface area contributed by atoms with Gasteiger partial charge in [-0.1, -0.05) is 20.8 Å². The largest absolute Gasteiger partial charge is 0.373 e. The van der Waals surface area contributed by atoms with Crippen LogP contribution in [0.15, 0.2) is 0 Å². The average molecular weight is 398 g/mol. The zero-order valence-electron chi connectivity index (χ0n) is 16.3. The molecule has 0 aromatic carbocycles. The van der Waals surface area contributed by atoms with Crippen molar-refractivity contribution in [3.05, 3.63) is 0 Å². The summed E-state index contributed by atoms with van der Waals surface area (Å²) in [6.07, 6.45) is 2.64. The fourth-order valence-electron chi connectivity index (χ4n) is 3.95. The minimum absolute atomic E-state index is 0. The molecule has 2 heterocycles. The van der Waals surface area contributed by atoms with E-state index in [9.17, 15) is 4.79 Å². The lowest BCUT2D eigenvalue weighted by Crippen LogP contribution is -2.58. The van der Waals surface area contributed by atoms with Gasteiger partial charge in [0.1, 0.15) is 0 Å². The van der Waals surface area contributed by atoms with Gasteiger partial charge in [-0.25, -0.2) is 0 Å². The van der Waals surface area contributed by atoms with E-state index < -0.39 is 0 Å². The molecule has 0 aliphatic carbocycles. The van der Waals surface area contributed by atoms with Gasteiger partial charge in [0.2, 0.25) is 5.91 Å². The minimum Gasteiger partial charge on any atom is -0.373 e. The lowest BCUT2D eigenvalue weighted by atomic mass is 9.81. The zero-order valence-corrected chi connectivity index (χ0v) is 18.0. The first-order valence-corrected chi connectivity index (χ1v) is 9.19. The summed E-state index contributed by atoms with van der Waals surface area (Å²) in [5, 5.41) is 6.65. The van der Waals surface area contributed by atoms with Crippen molar-refractivity contribution in [2.24, 2.45) is 11.3 Å². The van der Waals surface area contributed by atoms with Crippen LogP contribution in [0.4, 0.5) is 0 Å². The summed E-state index contributed by atoms with van der Waals surface area (Å²) in [5.74, 6) is 0.481. The molecule has 0 spiro atoms. The van der Waals surface area contributed by atoms with Crippen LogP contribution in [-0.2, 0) is 9.53 Å². The van der Waals surface area contributed by atoms with Crippen LogP contribution in [0.1, 0.15) is 47.5 Å². The topological polar surface area (TPSA) is 53.6 Å². The smallest absolute Gasteiger partial charge is 0.237 e. The number of nitrogens with one attached hydrogen (secondary N) is 2. The molecule has 25 heavy (non-hydrogen) atoms. The highest BCUT2D eigenvalue weighted by atomic mass is 35.5. The van der Waals surface area contributed by atoms with Crippen LogP contribution in [0, 0.1) is 11.3 Å². The molecular formula is C18H37Cl2N3O2. The Hall–Kier alpha value is -0.0700. The summed E-state index contributed by atoms with van der Waals surface area (Å²) in [7, 11) is 0. The predicted molar refractivity (Wildman–Crippen MR) is 108 cm³/mol. The Morgan fingerprint density at radius 1 is 1.20 bits per heavy atom. The number of morpholine rings is 1. The Labute approximate surface area is 165 Å². The van der Waals surface area contributed by atoms with Gasteiger partial charge in [-0.2, -0.15) is 0 Å². The molecule has 2 fully saturated rings. The van der Waals surface area contributed by atoms with Gasteiger partial charge in [0.25, 0.3) is 0 Å². The predicted octanol–water partition coefficient (Wildman–Crippen LogP) is 2.47. The third-order valence-corrected chi connectivity index (χ3v) is 5.24. The van der Waals surface area contributed by atoms with E-state index in [-0.39, 0.29) is 54.4 Å². The van der Waals surface area contributed by atoms with Gasteiger partial charge in [-0.15, -0.1) is 24.8 Å². The maximum atomic E-state index is 12.9. The first kappa shape index (κ1) is 24.9. The second-order valence-corrected chi connectivity index (χ2v) is 8.18. The van der Waals surface area contributed by atoms with Crippen molar-refractivity contribution in [1.29, 1.82) is 0 Å². The van der Waals surface area contributed by atoms with Crippen LogP contribution in [0.2, 0.25) is 0 Å². The highest BCUT2D eigenvalue weighted by Crippen LogP contribution is 2.27. The summed E-state index contributed by atoms with van der Waals surface area (Å²) in [6.45, 7) is 15.3. The SMILES string of the molecule is CC1CN(C(C(=O)NCC2(C)CCNCC2)C(C)C)CC(C)O1.Cl.Cl. The molecule has 0 aromatic heterocycles. The Balaban J connectivity index is 0.00000288. The molecule has 2 aliphatic rings. The Morgan fingerprint density at radius 2 is 1.72 bits per heavy atom. The summed E-state index contributed by atoms with van der Waals surface area (Å²) in [6, 6.07) is -0.0610. The van der Waals surface area contributed by atoms with Gasteiger partial charge in [-0.3, -0.25) is 9.69 Å². The van der Waals surface area contributed by atoms with Gasteiger partial charge < -0.3 is 15.4 Å². The van der Waals surface area contributed by atoms with Crippen LogP contribution in [0.25, 0.3) is 0 Å². The third-order valence-electron chi connectivity index (χ3n) is 5.24. The van der Waals surface area contributed by atoms with E-state index in [2.05, 4.69) is 50.2 Å². The van der Waals surface area contributed by atoms with Gasteiger partial charge in [-0.05, 0) is 51.1 Å². The number of halogens is 2. The van der Waals surface area contributed by atoms with E-state index in [1.165, 1.54) is 0 Å². The van der Waals surface area contributed by atoms with E-state index in [1.54, 1.807) is 0 Å². The van der Waals surface area contributed by atoms with E-state index >= 15 is 0 Å². The fourth-order valence-corrected chi connectivity index (χ4v) is 3.95. The molecule has 2 aliphatic heterocycles. The van der Waals surface area contributed by atoms with E-state index in [4.69, 9.17) is 4.74 Å². The number of hydrogen-bond acceptors (Lipinski definition) is 4. The highest BCUT2D eigenvalue weighted by molar-refractivity contribution is 5.85. The number of carbonyl (C=O) groups excluding carboxylic acids is 1. The van der Waals surface area contributed by atoms with Crippen molar-refractivity contribution in [2.75, 3.05) is 32.7 Å². The second kappa shape index (κ2) is 10.9. The van der Waals surface area contributed by atoms with Crippen molar-refractivity contribution < 1.29 is 9.53 Å². The molecular weight excluding hydrogens is 361 g/mol. The average Bonchev–Trinajstić information content (AvgIpc) is 2.45. The number of amides is 1. The first-order chi connectivity index (χ1) is 10.8. The molecule has 0 bridgehead atoms. The molecule has 0 saturated carbocycles. The monoisotopic (exact) mass is 397 g/mol. The standard InChI is InChI=1S/C18H35N3O2.2ClH/c1-13(2)16(21-10-14(3)23-15(4)11-21)17(22)20-12-18(5)6-8-19-9-7-18;;/h13-16,19H,6-12H2,1-5H3,(H,20,22);2*1H. The number of ether oxygens (including phenoxy) is 1. The fraction of sp³-hybridized carbons (Fsp3) is 0.944. The van der Waals surface area contributed by atoms with Gasteiger partial charge in [0.15, 0.2) is 0 Å². The second-order valence-electron chi connectivity index (χ2n) is 8.18. The summed E-state index contributed by atoms with van der Waals surface area (Å²) in [4.78, 5) is 15.2. The zero-order chi connectivity index (χ0) is 17.0. The van der Waals surface area contributed by atoms with Crippen molar-refractivity contribution in [2.45, 2.75) is 65.7 Å². The van der Waals surface area contributed by atoms with Crippen molar-refractivity contribution in [3.63, 3.8) is 0 Å². The summed E-state index contributed by atoms with van der Waals surface area (Å²) < 4.78 is 5.82. The molecule has 5 nitrogen and oxygen atoms in total. The van der Waals surface area contributed by atoms with E-state index in [1.807, 2.05) is 0 Å². The molecule has 1 amide bonds. The molecule has 2 rings (SSSR count). The van der Waals surface area contributed by atoms with Crippen molar-refractivity contribution >= 4 is 30.7 Å². The number of nitrogens with zero attached hydrogens (tertiary/aromatic N) is 1. The quantitative estimate of drug-likeness (QED) is 0.747. The lowest BCUT2D eigenvalue weighted by Gasteiger charge is -2.41. The molecule has 7 heteroatoms. The van der Waals surface area contributed by atoms with Crippen LogP contribution < -0.4 is 10.6 Å². The molecule has 2 N–H and O–H groups in total. The number of piperidine rings is 1. The molecule has 2 saturated heterocycles.